The molecule has 0 saturated carbocycles. The quantitative estimate of drug-likeness (QED) is 0.850. The predicted molar refractivity (Wildman–Crippen MR) is 68.0 cm³/mol. The fourth-order valence-corrected chi connectivity index (χ4v) is 2.48. The van der Waals surface area contributed by atoms with Crippen LogP contribution in [0.5, 0.6) is 0 Å². The van der Waals surface area contributed by atoms with Crippen molar-refractivity contribution in [3.05, 3.63) is 54.1 Å². The molecule has 2 aromatic carbocycles. The first-order valence-electron chi connectivity index (χ1n) is 5.22. The number of nitrogens with two attached hydrogens (primary N) is 1. The van der Waals surface area contributed by atoms with E-state index in [4.69, 9.17) is 5.73 Å². The molecule has 3 N–H and O–H groups in total. The minimum absolute atomic E-state index is 0.100. The summed E-state index contributed by atoms with van der Waals surface area (Å²) in [6.45, 7) is 0. The zero-order valence-electron chi connectivity index (χ0n) is 9.60. The van der Waals surface area contributed by atoms with E-state index in [1.807, 2.05) is 0 Å². The van der Waals surface area contributed by atoms with E-state index in [9.17, 15) is 17.2 Å². The summed E-state index contributed by atoms with van der Waals surface area (Å²) < 4.78 is 51.8. The Bertz CT molecular complexity index is 700. The molecule has 0 fully saturated rings. The van der Waals surface area contributed by atoms with Gasteiger partial charge in [0.05, 0.1) is 16.3 Å². The maximum atomic E-state index is 13.0. The highest BCUT2D eigenvalue weighted by molar-refractivity contribution is 7.92. The van der Waals surface area contributed by atoms with Gasteiger partial charge in [0, 0.05) is 0 Å². The monoisotopic (exact) mass is 284 g/mol. The van der Waals surface area contributed by atoms with Gasteiger partial charge >= 0.3 is 0 Å². The smallest absolute Gasteiger partial charge is 0.261 e. The summed E-state index contributed by atoms with van der Waals surface area (Å²) in [7, 11) is -3.85. The van der Waals surface area contributed by atoms with E-state index in [1.165, 1.54) is 6.07 Å². The lowest BCUT2D eigenvalue weighted by Gasteiger charge is -2.08. The van der Waals surface area contributed by atoms with Crippen molar-refractivity contribution < 1.29 is 17.2 Å². The Morgan fingerprint density at radius 3 is 2.21 bits per heavy atom. The Kier molecular flexibility index (Phi) is 3.39. The molecule has 100 valence electrons. The van der Waals surface area contributed by atoms with Gasteiger partial charge in [-0.2, -0.15) is 0 Å². The maximum absolute atomic E-state index is 13.0. The molecule has 0 atom stereocenters. The van der Waals surface area contributed by atoms with E-state index in [1.54, 1.807) is 0 Å². The number of rotatable bonds is 3. The molecule has 19 heavy (non-hydrogen) atoms. The zero-order valence-corrected chi connectivity index (χ0v) is 10.4. The highest BCUT2D eigenvalue weighted by Crippen LogP contribution is 2.20. The number of benzene rings is 2. The largest absolute Gasteiger partial charge is 0.396 e. The van der Waals surface area contributed by atoms with Crippen molar-refractivity contribution in [2.45, 2.75) is 4.90 Å². The number of nitrogens with one attached hydrogen (secondary N) is 1. The van der Waals surface area contributed by atoms with Gasteiger partial charge in [-0.1, -0.05) is 0 Å². The fraction of sp³-hybridized carbons (Fsp3) is 0. The third kappa shape index (κ3) is 3.00. The summed E-state index contributed by atoms with van der Waals surface area (Å²) in [5.41, 5.74) is 5.30. The summed E-state index contributed by atoms with van der Waals surface area (Å²) in [5, 5.41) is 0. The lowest BCUT2D eigenvalue weighted by atomic mass is 10.3. The molecule has 7 heteroatoms. The van der Waals surface area contributed by atoms with Crippen LogP contribution in [-0.2, 0) is 10.0 Å². The average Bonchev–Trinajstić information content (AvgIpc) is 2.34. The molecule has 0 aliphatic carbocycles. The number of nitrogen functional groups attached to an aromatic ring is 1. The molecule has 0 amide bonds. The van der Waals surface area contributed by atoms with Crippen LogP contribution in [0.4, 0.5) is 20.2 Å². The molecule has 0 heterocycles. The lowest BCUT2D eigenvalue weighted by molar-refractivity contribution is 0.599. The summed E-state index contributed by atoms with van der Waals surface area (Å²) in [4.78, 5) is -0.100. The van der Waals surface area contributed by atoms with Crippen molar-refractivity contribution in [1.29, 1.82) is 0 Å². The first kappa shape index (κ1) is 13.3. The van der Waals surface area contributed by atoms with Crippen molar-refractivity contribution in [1.82, 2.24) is 0 Å². The standard InChI is InChI=1S/C12H10F2N2O2S/c13-8-1-4-10(5-2-8)19(17,18)16-9-3-6-11(14)12(15)7-9/h1-7,16H,15H2. The molecule has 0 aliphatic rings. The summed E-state index contributed by atoms with van der Waals surface area (Å²) in [6, 6.07) is 7.79. The highest BCUT2D eigenvalue weighted by atomic mass is 32.2. The van der Waals surface area contributed by atoms with E-state index in [2.05, 4.69) is 4.72 Å². The highest BCUT2D eigenvalue weighted by Gasteiger charge is 2.14. The first-order valence-corrected chi connectivity index (χ1v) is 6.70. The second-order valence-electron chi connectivity index (χ2n) is 3.80. The summed E-state index contributed by atoms with van der Waals surface area (Å²) in [5.74, 6) is -1.17. The summed E-state index contributed by atoms with van der Waals surface area (Å²) >= 11 is 0. The topological polar surface area (TPSA) is 72.2 Å². The number of hydrogen-bond donors (Lipinski definition) is 2. The molecular formula is C12H10F2N2O2S. The van der Waals surface area contributed by atoms with Crippen LogP contribution in [0.15, 0.2) is 47.4 Å². The van der Waals surface area contributed by atoms with E-state index in [-0.39, 0.29) is 16.3 Å². The van der Waals surface area contributed by atoms with Crippen molar-refractivity contribution >= 4 is 21.4 Å². The average molecular weight is 284 g/mol. The van der Waals surface area contributed by atoms with Gasteiger partial charge in [-0.15, -0.1) is 0 Å². The molecule has 4 nitrogen and oxygen atoms in total. The molecule has 0 radical (unpaired) electrons. The normalized spacial score (nSPS) is 11.3. The molecule has 0 aromatic heterocycles. The molecule has 2 aromatic rings. The van der Waals surface area contributed by atoms with Crippen molar-refractivity contribution in [2.24, 2.45) is 0 Å². The van der Waals surface area contributed by atoms with Gasteiger partial charge in [0.25, 0.3) is 10.0 Å². The van der Waals surface area contributed by atoms with Crippen LogP contribution < -0.4 is 10.5 Å². The number of halogens is 2. The second-order valence-corrected chi connectivity index (χ2v) is 5.48. The van der Waals surface area contributed by atoms with Crippen LogP contribution in [0.2, 0.25) is 0 Å². The Labute approximate surface area is 108 Å². The van der Waals surface area contributed by atoms with E-state index in [0.717, 1.165) is 36.4 Å². The van der Waals surface area contributed by atoms with Crippen molar-refractivity contribution in [3.8, 4) is 0 Å². The van der Waals surface area contributed by atoms with Gasteiger partial charge in [0.2, 0.25) is 0 Å². The molecule has 0 aliphatic heterocycles. The fourth-order valence-electron chi connectivity index (χ4n) is 1.44. The number of anilines is 2. The molecule has 0 unspecified atom stereocenters. The van der Waals surface area contributed by atoms with Crippen LogP contribution >= 0.6 is 0 Å². The van der Waals surface area contributed by atoms with Crippen LogP contribution in [0.1, 0.15) is 0 Å². The van der Waals surface area contributed by atoms with Crippen LogP contribution in [0, 0.1) is 11.6 Å². The Morgan fingerprint density at radius 2 is 1.63 bits per heavy atom. The zero-order chi connectivity index (χ0) is 14.0. The second kappa shape index (κ2) is 4.85. The molecular weight excluding hydrogens is 274 g/mol. The number of hydrogen-bond acceptors (Lipinski definition) is 3. The van der Waals surface area contributed by atoms with Crippen molar-refractivity contribution in [3.63, 3.8) is 0 Å². The van der Waals surface area contributed by atoms with Gasteiger partial charge < -0.3 is 5.73 Å². The molecule has 0 spiro atoms. The number of sulfonamides is 1. The van der Waals surface area contributed by atoms with E-state index < -0.39 is 21.7 Å². The summed E-state index contributed by atoms with van der Waals surface area (Å²) in [6.07, 6.45) is 0. The minimum Gasteiger partial charge on any atom is -0.396 e. The first-order chi connectivity index (χ1) is 8.88. The van der Waals surface area contributed by atoms with E-state index >= 15 is 0 Å². The Balaban J connectivity index is 2.30. The maximum Gasteiger partial charge on any atom is 0.261 e. The molecule has 0 bridgehead atoms. The van der Waals surface area contributed by atoms with Gasteiger partial charge in [0.1, 0.15) is 11.6 Å². The molecule has 0 saturated heterocycles. The predicted octanol–water partition coefficient (Wildman–Crippen LogP) is 2.35. The van der Waals surface area contributed by atoms with Gasteiger partial charge in [-0.05, 0) is 42.5 Å². The van der Waals surface area contributed by atoms with Crippen LogP contribution in [-0.4, -0.2) is 8.42 Å². The third-order valence-corrected chi connectivity index (χ3v) is 3.77. The van der Waals surface area contributed by atoms with Gasteiger partial charge in [-0.25, -0.2) is 17.2 Å². The molecule has 2 rings (SSSR count). The Hall–Kier alpha value is -2.15. The van der Waals surface area contributed by atoms with Gasteiger partial charge in [-0.3, -0.25) is 4.72 Å². The van der Waals surface area contributed by atoms with Crippen LogP contribution in [0.3, 0.4) is 0 Å². The van der Waals surface area contributed by atoms with Gasteiger partial charge in [0.15, 0.2) is 0 Å². The minimum atomic E-state index is -3.85. The lowest BCUT2D eigenvalue weighted by Crippen LogP contribution is -2.13. The van der Waals surface area contributed by atoms with E-state index in [0.29, 0.717) is 0 Å². The Morgan fingerprint density at radius 1 is 1.00 bits per heavy atom. The van der Waals surface area contributed by atoms with Crippen molar-refractivity contribution in [2.75, 3.05) is 10.5 Å². The SMILES string of the molecule is Nc1cc(NS(=O)(=O)c2ccc(F)cc2)ccc1F. The third-order valence-electron chi connectivity index (χ3n) is 2.37. The van der Waals surface area contributed by atoms with Crippen LogP contribution in [0.25, 0.3) is 0 Å².